The van der Waals surface area contributed by atoms with E-state index in [1.54, 1.807) is 57.2 Å². The minimum absolute atomic E-state index is 0.242. The zero-order chi connectivity index (χ0) is 24.5. The van der Waals surface area contributed by atoms with E-state index in [1.165, 1.54) is 0 Å². The molecule has 174 valence electrons. The fraction of sp³-hybridized carbons (Fsp3) is 0.222. The molecule has 0 unspecified atom stereocenters. The van der Waals surface area contributed by atoms with Gasteiger partial charge in [0.2, 0.25) is 0 Å². The molecule has 0 saturated heterocycles. The first kappa shape index (κ1) is 25.6. The molecule has 0 aromatic heterocycles. The second-order valence-electron chi connectivity index (χ2n) is 7.36. The first-order valence-corrected chi connectivity index (χ1v) is 16.3. The Balaban J connectivity index is 2.34. The van der Waals surface area contributed by atoms with Gasteiger partial charge in [-0.05, 0) is 0 Å². The van der Waals surface area contributed by atoms with E-state index in [0.29, 0.717) is 16.7 Å². The Morgan fingerprint density at radius 3 is 1.06 bits per heavy atom. The third kappa shape index (κ3) is 5.70. The van der Waals surface area contributed by atoms with Crippen molar-refractivity contribution in [3.63, 3.8) is 0 Å². The average molecular weight is 562 g/mol. The minimum atomic E-state index is -3.56. The van der Waals surface area contributed by atoms with Crippen molar-refractivity contribution >= 4 is 49.3 Å². The van der Waals surface area contributed by atoms with Crippen LogP contribution < -0.4 is 9.96 Å². The van der Waals surface area contributed by atoms with Crippen LogP contribution in [0.5, 0.6) is 0 Å². The molecular weight excluding hydrogens is 535 g/mol. The van der Waals surface area contributed by atoms with E-state index in [2.05, 4.69) is 0 Å². The average Bonchev–Trinajstić information content (AvgIpc) is 2.85. The van der Waals surface area contributed by atoms with Gasteiger partial charge >= 0.3 is 208 Å². The summed E-state index contributed by atoms with van der Waals surface area (Å²) in [5, 5.41) is 0. The summed E-state index contributed by atoms with van der Waals surface area (Å²) in [4.78, 5) is 38.7. The van der Waals surface area contributed by atoms with Crippen molar-refractivity contribution in [2.24, 2.45) is 0 Å². The third-order valence-electron chi connectivity index (χ3n) is 5.30. The van der Waals surface area contributed by atoms with Crippen molar-refractivity contribution in [1.82, 2.24) is 0 Å². The van der Waals surface area contributed by atoms with Gasteiger partial charge in [-0.15, -0.1) is 0 Å². The Hall–Kier alpha value is -3.06. The van der Waals surface area contributed by atoms with E-state index in [0.717, 1.165) is 9.96 Å². The fourth-order valence-corrected chi connectivity index (χ4v) is 13.9. The second-order valence-corrected chi connectivity index (χ2v) is 15.2. The van der Waals surface area contributed by atoms with Gasteiger partial charge < -0.3 is 0 Å². The maximum absolute atomic E-state index is 12.9. The molecule has 7 heteroatoms. The molecule has 3 rings (SSSR count). The van der Waals surface area contributed by atoms with Gasteiger partial charge in [0.25, 0.3) is 0 Å². The Morgan fingerprint density at radius 2 is 0.794 bits per heavy atom. The van der Waals surface area contributed by atoms with Crippen molar-refractivity contribution < 1.29 is 28.6 Å². The molecule has 0 amide bonds. The molecule has 0 aliphatic heterocycles. The molecule has 34 heavy (non-hydrogen) atoms. The fourth-order valence-electron chi connectivity index (χ4n) is 3.93. The number of carbonyl (C=O) groups excluding carboxylic acids is 3. The van der Waals surface area contributed by atoms with Crippen molar-refractivity contribution in [1.29, 1.82) is 0 Å². The van der Waals surface area contributed by atoms with E-state index in [-0.39, 0.29) is 19.8 Å². The Kier molecular flexibility index (Phi) is 9.33. The Labute approximate surface area is 207 Å². The molecule has 6 nitrogen and oxygen atoms in total. The van der Waals surface area contributed by atoms with Gasteiger partial charge in [-0.1, -0.05) is 0 Å². The van der Waals surface area contributed by atoms with Gasteiger partial charge in [-0.3, -0.25) is 0 Å². The monoisotopic (exact) mass is 562 g/mol. The molecule has 0 atom stereocenters. The normalized spacial score (nSPS) is 10.3. The third-order valence-corrected chi connectivity index (χ3v) is 14.9. The summed E-state index contributed by atoms with van der Waals surface area (Å²) in [5.41, 5.74) is 1.34. The van der Waals surface area contributed by atoms with Gasteiger partial charge in [-0.25, -0.2) is 0 Å². The summed E-state index contributed by atoms with van der Waals surface area (Å²) >= 11 is -3.56. The zero-order valence-electron chi connectivity index (χ0n) is 19.6. The molecule has 0 N–H and O–H groups in total. The van der Waals surface area contributed by atoms with E-state index < -0.39 is 39.3 Å². The van der Waals surface area contributed by atoms with Crippen molar-refractivity contribution in [2.45, 2.75) is 20.8 Å². The van der Waals surface area contributed by atoms with Gasteiger partial charge in [0.1, 0.15) is 0 Å². The number of hydrogen-bond acceptors (Lipinski definition) is 6. The Bertz CT molecular complexity index is 1030. The summed E-state index contributed by atoms with van der Waals surface area (Å²) in [6, 6.07) is 21.8. The number of carbonyl (C=O) groups is 3. The summed E-state index contributed by atoms with van der Waals surface area (Å²) in [6.07, 6.45) is 0. The number of benzene rings is 3. The van der Waals surface area contributed by atoms with E-state index in [4.69, 9.17) is 14.2 Å². The van der Waals surface area contributed by atoms with Gasteiger partial charge in [0, 0.05) is 0 Å². The number of esters is 3. The second kappa shape index (κ2) is 12.4. The van der Waals surface area contributed by atoms with Crippen molar-refractivity contribution in [2.75, 3.05) is 19.8 Å². The molecule has 3 aromatic rings. The van der Waals surface area contributed by atoms with Gasteiger partial charge in [0.05, 0.1) is 0 Å². The van der Waals surface area contributed by atoms with Crippen molar-refractivity contribution in [3.8, 4) is 0 Å². The summed E-state index contributed by atoms with van der Waals surface area (Å²) in [5.74, 6) is -1.29. The summed E-state index contributed by atoms with van der Waals surface area (Å²) < 4.78 is 18.5. The number of ether oxygens (including phenoxy) is 3. The van der Waals surface area contributed by atoms with Crippen LogP contribution in [0.25, 0.3) is 0 Å². The molecular formula is C27H27InO6. The van der Waals surface area contributed by atoms with Crippen LogP contribution in [-0.2, 0) is 14.2 Å². The summed E-state index contributed by atoms with van der Waals surface area (Å²) in [7, 11) is 0. The van der Waals surface area contributed by atoms with Crippen LogP contribution in [0.3, 0.4) is 0 Å². The molecule has 0 spiro atoms. The topological polar surface area (TPSA) is 78.9 Å². The van der Waals surface area contributed by atoms with E-state index in [9.17, 15) is 14.4 Å². The van der Waals surface area contributed by atoms with Crippen LogP contribution in [0, 0.1) is 0 Å². The zero-order valence-corrected chi connectivity index (χ0v) is 22.9. The van der Waals surface area contributed by atoms with Crippen LogP contribution in [0.1, 0.15) is 51.8 Å². The quantitative estimate of drug-likeness (QED) is 0.295. The predicted molar refractivity (Wildman–Crippen MR) is 132 cm³/mol. The van der Waals surface area contributed by atoms with Crippen LogP contribution in [0.15, 0.2) is 72.8 Å². The number of rotatable bonds is 9. The van der Waals surface area contributed by atoms with Crippen LogP contribution in [0.4, 0.5) is 0 Å². The Morgan fingerprint density at radius 1 is 0.529 bits per heavy atom. The molecule has 0 radical (unpaired) electrons. The first-order valence-electron chi connectivity index (χ1n) is 11.3. The van der Waals surface area contributed by atoms with Crippen LogP contribution in [-0.4, -0.2) is 59.2 Å². The first-order chi connectivity index (χ1) is 16.5. The standard InChI is InChI=1S/3C9H9O2.In/c3*1-2-11-9(10)8-6-4-3-5-7-8;/h3*3-6H,2H2,1H3;. The molecule has 3 aromatic carbocycles. The predicted octanol–water partition coefficient (Wildman–Crippen LogP) is 2.73. The molecule has 0 heterocycles. The number of hydrogen-bond donors (Lipinski definition) is 0. The van der Waals surface area contributed by atoms with E-state index in [1.807, 2.05) is 36.4 Å². The van der Waals surface area contributed by atoms with E-state index >= 15 is 0 Å². The van der Waals surface area contributed by atoms with Crippen LogP contribution >= 0.6 is 0 Å². The maximum atomic E-state index is 12.9. The SMILES string of the molecule is CCOC(=O)c1cccc[c]1[In]([c]1ccccc1C(=O)OCC)[c]1ccccc1C(=O)OCC. The molecule has 0 aliphatic carbocycles. The van der Waals surface area contributed by atoms with Gasteiger partial charge in [0.15, 0.2) is 0 Å². The van der Waals surface area contributed by atoms with Crippen LogP contribution in [0.2, 0.25) is 0 Å². The van der Waals surface area contributed by atoms with Gasteiger partial charge in [-0.2, -0.15) is 0 Å². The molecule has 0 fully saturated rings. The van der Waals surface area contributed by atoms with Crippen molar-refractivity contribution in [3.05, 3.63) is 89.5 Å². The molecule has 0 saturated carbocycles. The molecule has 0 bridgehead atoms. The summed E-state index contributed by atoms with van der Waals surface area (Å²) in [6.45, 7) is 6.00. The molecule has 0 aliphatic rings.